The van der Waals surface area contributed by atoms with Crippen LogP contribution in [0.5, 0.6) is 0 Å². The van der Waals surface area contributed by atoms with E-state index in [1.54, 1.807) is 13.0 Å². The van der Waals surface area contributed by atoms with E-state index in [2.05, 4.69) is 0 Å². The number of benzene rings is 1. The first-order valence-electron chi connectivity index (χ1n) is 4.75. The van der Waals surface area contributed by atoms with Crippen LogP contribution in [0.1, 0.15) is 30.9 Å². The molecule has 0 saturated heterocycles. The number of halogens is 1. The van der Waals surface area contributed by atoms with Gasteiger partial charge in [0.25, 0.3) is 0 Å². The van der Waals surface area contributed by atoms with Crippen LogP contribution in [-0.4, -0.2) is 11.2 Å². The van der Waals surface area contributed by atoms with Crippen molar-refractivity contribution >= 4 is 6.08 Å². The molecule has 0 fully saturated rings. The number of hydrogen-bond acceptors (Lipinski definition) is 1. The van der Waals surface area contributed by atoms with Crippen molar-refractivity contribution in [1.29, 1.82) is 0 Å². The highest BCUT2D eigenvalue weighted by molar-refractivity contribution is 5.66. The van der Waals surface area contributed by atoms with Gasteiger partial charge < -0.3 is 5.11 Å². The van der Waals surface area contributed by atoms with Gasteiger partial charge in [0, 0.05) is 5.92 Å². The molecule has 0 saturated carbocycles. The van der Waals surface area contributed by atoms with Crippen molar-refractivity contribution in [2.24, 2.45) is 0 Å². The molecule has 0 spiro atoms. The van der Waals surface area contributed by atoms with Crippen LogP contribution in [0.4, 0.5) is 4.39 Å². The second kappa shape index (κ2) is 3.21. The monoisotopic (exact) mass is 192 g/mol. The van der Waals surface area contributed by atoms with E-state index < -0.39 is 6.10 Å². The van der Waals surface area contributed by atoms with Crippen molar-refractivity contribution in [3.8, 4) is 0 Å². The quantitative estimate of drug-likeness (QED) is 0.725. The number of aliphatic hydroxyl groups is 1. The molecule has 0 heterocycles. The molecule has 2 atom stereocenters. The standard InChI is InChI=1S/C12H13FO/c1-7-5-9-6-10(13)3-4-11(9)12(7)8(2)14/h3-6,8,12,14H,1-2H3. The zero-order valence-electron chi connectivity index (χ0n) is 8.29. The lowest BCUT2D eigenvalue weighted by molar-refractivity contribution is 0.176. The normalized spacial score (nSPS) is 21.7. The molecule has 74 valence electrons. The third kappa shape index (κ3) is 1.36. The van der Waals surface area contributed by atoms with Gasteiger partial charge in [-0.2, -0.15) is 0 Å². The van der Waals surface area contributed by atoms with Gasteiger partial charge in [-0.25, -0.2) is 4.39 Å². The van der Waals surface area contributed by atoms with Crippen LogP contribution in [0.25, 0.3) is 6.08 Å². The molecule has 14 heavy (non-hydrogen) atoms. The molecular formula is C12H13FO. The molecule has 2 heteroatoms. The van der Waals surface area contributed by atoms with E-state index in [1.807, 2.05) is 13.0 Å². The Hall–Kier alpha value is -1.15. The Bertz CT molecular complexity index is 393. The zero-order valence-corrected chi connectivity index (χ0v) is 8.29. The summed E-state index contributed by atoms with van der Waals surface area (Å²) in [7, 11) is 0. The molecule has 0 amide bonds. The van der Waals surface area contributed by atoms with Gasteiger partial charge in [0.2, 0.25) is 0 Å². The maximum atomic E-state index is 12.9. The maximum absolute atomic E-state index is 12.9. The van der Waals surface area contributed by atoms with Crippen LogP contribution in [0.15, 0.2) is 23.8 Å². The Labute approximate surface area is 82.9 Å². The summed E-state index contributed by atoms with van der Waals surface area (Å²) in [5, 5.41) is 9.60. The number of aliphatic hydroxyl groups excluding tert-OH is 1. The molecular weight excluding hydrogens is 179 g/mol. The van der Waals surface area contributed by atoms with Gasteiger partial charge in [0.1, 0.15) is 5.82 Å². The first-order chi connectivity index (χ1) is 6.59. The van der Waals surface area contributed by atoms with Crippen molar-refractivity contribution < 1.29 is 9.50 Å². The zero-order chi connectivity index (χ0) is 10.3. The summed E-state index contributed by atoms with van der Waals surface area (Å²) >= 11 is 0. The van der Waals surface area contributed by atoms with E-state index in [-0.39, 0.29) is 11.7 Å². The minimum absolute atomic E-state index is 0.0330. The largest absolute Gasteiger partial charge is 0.392 e. The molecule has 0 radical (unpaired) electrons. The summed E-state index contributed by atoms with van der Waals surface area (Å²) in [4.78, 5) is 0. The Morgan fingerprint density at radius 1 is 1.43 bits per heavy atom. The fraction of sp³-hybridized carbons (Fsp3) is 0.333. The molecule has 2 rings (SSSR count). The Morgan fingerprint density at radius 3 is 2.79 bits per heavy atom. The number of fused-ring (bicyclic) bond motifs is 1. The molecule has 1 N–H and O–H groups in total. The van der Waals surface area contributed by atoms with Crippen molar-refractivity contribution in [2.75, 3.05) is 0 Å². The van der Waals surface area contributed by atoms with E-state index in [1.165, 1.54) is 12.1 Å². The van der Waals surface area contributed by atoms with Crippen LogP contribution in [0, 0.1) is 5.82 Å². The third-order valence-electron chi connectivity index (χ3n) is 2.74. The molecule has 1 nitrogen and oxygen atoms in total. The Balaban J connectivity index is 2.50. The second-order valence-electron chi connectivity index (χ2n) is 3.88. The molecule has 0 aromatic heterocycles. The molecule has 0 bridgehead atoms. The van der Waals surface area contributed by atoms with E-state index in [9.17, 15) is 9.50 Å². The van der Waals surface area contributed by atoms with Gasteiger partial charge in [-0.05, 0) is 37.1 Å². The van der Waals surface area contributed by atoms with Crippen LogP contribution >= 0.6 is 0 Å². The summed E-state index contributed by atoms with van der Waals surface area (Å²) in [6, 6.07) is 4.72. The molecule has 1 aliphatic carbocycles. The predicted molar refractivity (Wildman–Crippen MR) is 54.5 cm³/mol. The minimum atomic E-state index is -0.419. The predicted octanol–water partition coefficient (Wildman–Crippen LogP) is 2.71. The summed E-state index contributed by atoms with van der Waals surface area (Å²) in [5.41, 5.74) is 3.02. The highest BCUT2D eigenvalue weighted by atomic mass is 19.1. The van der Waals surface area contributed by atoms with Gasteiger partial charge in [-0.15, -0.1) is 0 Å². The second-order valence-corrected chi connectivity index (χ2v) is 3.88. The summed E-state index contributed by atoms with van der Waals surface area (Å²) in [5.74, 6) is -0.190. The Morgan fingerprint density at radius 2 is 2.14 bits per heavy atom. The summed E-state index contributed by atoms with van der Waals surface area (Å²) in [6.45, 7) is 3.73. The highest BCUT2D eigenvalue weighted by Gasteiger charge is 2.26. The van der Waals surface area contributed by atoms with Crippen molar-refractivity contribution in [3.63, 3.8) is 0 Å². The lowest BCUT2D eigenvalue weighted by Crippen LogP contribution is -2.13. The number of hydrogen-bond donors (Lipinski definition) is 1. The van der Waals surface area contributed by atoms with Gasteiger partial charge in [0.15, 0.2) is 0 Å². The molecule has 2 unspecified atom stereocenters. The van der Waals surface area contributed by atoms with E-state index in [0.29, 0.717) is 0 Å². The Kier molecular flexibility index (Phi) is 2.16. The van der Waals surface area contributed by atoms with E-state index >= 15 is 0 Å². The minimum Gasteiger partial charge on any atom is -0.392 e. The average molecular weight is 192 g/mol. The average Bonchev–Trinajstić information content (AvgIpc) is 2.39. The molecule has 1 aromatic rings. The van der Waals surface area contributed by atoms with Crippen molar-refractivity contribution in [1.82, 2.24) is 0 Å². The van der Waals surface area contributed by atoms with Gasteiger partial charge >= 0.3 is 0 Å². The van der Waals surface area contributed by atoms with Gasteiger partial charge in [-0.3, -0.25) is 0 Å². The van der Waals surface area contributed by atoms with Gasteiger partial charge in [0.05, 0.1) is 6.10 Å². The fourth-order valence-electron chi connectivity index (χ4n) is 2.17. The summed E-state index contributed by atoms with van der Waals surface area (Å²) in [6.07, 6.45) is 1.52. The molecule has 1 aromatic carbocycles. The van der Waals surface area contributed by atoms with Crippen molar-refractivity contribution in [3.05, 3.63) is 40.7 Å². The SMILES string of the molecule is CC1=Cc2cc(F)ccc2C1C(C)O. The highest BCUT2D eigenvalue weighted by Crippen LogP contribution is 2.38. The van der Waals surface area contributed by atoms with Crippen LogP contribution in [-0.2, 0) is 0 Å². The van der Waals surface area contributed by atoms with Crippen molar-refractivity contribution in [2.45, 2.75) is 25.9 Å². The maximum Gasteiger partial charge on any atom is 0.123 e. The van der Waals surface area contributed by atoms with Crippen LogP contribution in [0.3, 0.4) is 0 Å². The summed E-state index contributed by atoms with van der Waals surface area (Å²) < 4.78 is 12.9. The van der Waals surface area contributed by atoms with E-state index in [4.69, 9.17) is 0 Å². The first kappa shape index (κ1) is 9.41. The van der Waals surface area contributed by atoms with E-state index in [0.717, 1.165) is 16.7 Å². The first-order valence-corrected chi connectivity index (χ1v) is 4.75. The third-order valence-corrected chi connectivity index (χ3v) is 2.74. The lowest BCUT2D eigenvalue weighted by atomic mass is 9.92. The van der Waals surface area contributed by atoms with Crippen LogP contribution in [0.2, 0.25) is 0 Å². The van der Waals surface area contributed by atoms with Crippen LogP contribution < -0.4 is 0 Å². The smallest absolute Gasteiger partial charge is 0.123 e. The van der Waals surface area contributed by atoms with Gasteiger partial charge in [-0.1, -0.05) is 17.7 Å². The fourth-order valence-corrected chi connectivity index (χ4v) is 2.17. The topological polar surface area (TPSA) is 20.2 Å². The number of rotatable bonds is 1. The molecule has 0 aliphatic heterocycles. The lowest BCUT2D eigenvalue weighted by Gasteiger charge is -2.17. The molecule has 1 aliphatic rings.